The third kappa shape index (κ3) is 2.08. The molecule has 0 aromatic carbocycles. The van der Waals surface area contributed by atoms with Gasteiger partial charge in [-0.3, -0.25) is 4.98 Å². The molecule has 1 aromatic rings. The number of nitriles is 3. The van der Waals surface area contributed by atoms with Gasteiger partial charge in [0.1, 0.15) is 6.07 Å². The summed E-state index contributed by atoms with van der Waals surface area (Å²) in [5.74, 6) is 0. The molecular formula is C14H12N4. The zero-order chi connectivity index (χ0) is 13.8. The van der Waals surface area contributed by atoms with E-state index in [0.717, 1.165) is 5.56 Å². The summed E-state index contributed by atoms with van der Waals surface area (Å²) in [6.45, 7) is 7.09. The molecular weight excluding hydrogens is 224 g/mol. The predicted molar refractivity (Wildman–Crippen MR) is 66.1 cm³/mol. The van der Waals surface area contributed by atoms with Gasteiger partial charge in [-0.2, -0.15) is 15.8 Å². The highest BCUT2D eigenvalue weighted by Gasteiger charge is 2.36. The van der Waals surface area contributed by atoms with Crippen molar-refractivity contribution in [3.8, 4) is 18.2 Å². The minimum Gasteiger partial charge on any atom is -0.254 e. The average molecular weight is 236 g/mol. The predicted octanol–water partition coefficient (Wildman–Crippen LogP) is 2.43. The van der Waals surface area contributed by atoms with Gasteiger partial charge in [0.15, 0.2) is 5.41 Å². The van der Waals surface area contributed by atoms with Crippen LogP contribution >= 0.6 is 0 Å². The van der Waals surface area contributed by atoms with Crippen LogP contribution in [0, 0.1) is 47.8 Å². The fraction of sp³-hybridized carbons (Fsp3) is 0.286. The first-order valence-corrected chi connectivity index (χ1v) is 5.37. The van der Waals surface area contributed by atoms with Gasteiger partial charge in [-0.1, -0.05) is 6.08 Å². The Morgan fingerprint density at radius 2 is 1.94 bits per heavy atom. The molecule has 0 fully saturated rings. The van der Waals surface area contributed by atoms with E-state index in [1.165, 1.54) is 6.08 Å². The Labute approximate surface area is 106 Å². The first kappa shape index (κ1) is 13.4. The second-order valence-corrected chi connectivity index (χ2v) is 4.04. The molecule has 0 unspecified atom stereocenters. The monoisotopic (exact) mass is 236 g/mol. The molecule has 0 aliphatic carbocycles. The summed E-state index contributed by atoms with van der Waals surface area (Å²) in [5, 5.41) is 27.8. The van der Waals surface area contributed by atoms with Gasteiger partial charge >= 0.3 is 0 Å². The Balaban J connectivity index is 3.68. The van der Waals surface area contributed by atoms with E-state index >= 15 is 0 Å². The molecule has 1 heterocycles. The average Bonchev–Trinajstić information content (AvgIpc) is 2.35. The van der Waals surface area contributed by atoms with E-state index in [1.54, 1.807) is 19.9 Å². The van der Waals surface area contributed by atoms with Crippen molar-refractivity contribution in [1.29, 1.82) is 15.8 Å². The van der Waals surface area contributed by atoms with E-state index in [1.807, 2.05) is 18.2 Å². The van der Waals surface area contributed by atoms with Crippen molar-refractivity contribution in [1.82, 2.24) is 4.98 Å². The Morgan fingerprint density at radius 3 is 2.39 bits per heavy atom. The van der Waals surface area contributed by atoms with Crippen LogP contribution in [0.5, 0.6) is 0 Å². The Kier molecular flexibility index (Phi) is 3.82. The largest absolute Gasteiger partial charge is 0.254 e. The molecule has 0 spiro atoms. The SMILES string of the molecule is C=CCC(C#N)(C#N)c1nc(C)cc(C)c1C#N. The van der Waals surface area contributed by atoms with E-state index in [-0.39, 0.29) is 12.1 Å². The molecule has 0 saturated heterocycles. The second kappa shape index (κ2) is 5.13. The van der Waals surface area contributed by atoms with Crippen LogP contribution in [-0.2, 0) is 5.41 Å². The molecule has 0 aliphatic heterocycles. The van der Waals surface area contributed by atoms with Gasteiger partial charge in [-0.15, -0.1) is 6.58 Å². The number of allylic oxidation sites excluding steroid dienone is 1. The van der Waals surface area contributed by atoms with Crippen molar-refractivity contribution in [3.63, 3.8) is 0 Å². The molecule has 0 radical (unpaired) electrons. The molecule has 0 amide bonds. The lowest BCUT2D eigenvalue weighted by Gasteiger charge is -2.18. The molecule has 0 N–H and O–H groups in total. The third-order valence-electron chi connectivity index (χ3n) is 2.69. The summed E-state index contributed by atoms with van der Waals surface area (Å²) in [6.07, 6.45) is 1.64. The highest BCUT2D eigenvalue weighted by molar-refractivity contribution is 5.50. The van der Waals surface area contributed by atoms with E-state index in [0.29, 0.717) is 11.3 Å². The van der Waals surface area contributed by atoms with Crippen LogP contribution in [0.25, 0.3) is 0 Å². The lowest BCUT2D eigenvalue weighted by molar-refractivity contribution is 0.679. The van der Waals surface area contributed by atoms with Crippen molar-refractivity contribution in [2.24, 2.45) is 0 Å². The van der Waals surface area contributed by atoms with Gasteiger partial charge in [0.25, 0.3) is 0 Å². The Hall–Kier alpha value is -2.64. The maximum absolute atomic E-state index is 9.29. The van der Waals surface area contributed by atoms with Crippen LogP contribution in [0.1, 0.15) is 28.9 Å². The number of hydrogen-bond acceptors (Lipinski definition) is 4. The van der Waals surface area contributed by atoms with E-state index in [2.05, 4.69) is 11.6 Å². The van der Waals surface area contributed by atoms with Gasteiger partial charge in [0.05, 0.1) is 23.4 Å². The Morgan fingerprint density at radius 1 is 1.33 bits per heavy atom. The van der Waals surface area contributed by atoms with Crippen molar-refractivity contribution in [2.45, 2.75) is 25.7 Å². The van der Waals surface area contributed by atoms with E-state index in [4.69, 9.17) is 0 Å². The number of nitrogens with zero attached hydrogens (tertiary/aromatic N) is 4. The zero-order valence-corrected chi connectivity index (χ0v) is 10.4. The Bertz CT molecular complexity index is 594. The smallest absolute Gasteiger partial charge is 0.189 e. The molecule has 1 rings (SSSR count). The van der Waals surface area contributed by atoms with Crippen molar-refractivity contribution in [3.05, 3.63) is 41.2 Å². The zero-order valence-electron chi connectivity index (χ0n) is 10.4. The van der Waals surface area contributed by atoms with Gasteiger partial charge < -0.3 is 0 Å². The number of aryl methyl sites for hydroxylation is 2. The summed E-state index contributed by atoms with van der Waals surface area (Å²) in [6, 6.07) is 7.72. The fourth-order valence-electron chi connectivity index (χ4n) is 1.82. The summed E-state index contributed by atoms with van der Waals surface area (Å²) >= 11 is 0. The molecule has 4 nitrogen and oxygen atoms in total. The van der Waals surface area contributed by atoms with Crippen molar-refractivity contribution >= 4 is 0 Å². The quantitative estimate of drug-likeness (QED) is 0.754. The van der Waals surface area contributed by atoms with Crippen LogP contribution in [0.15, 0.2) is 18.7 Å². The number of rotatable bonds is 3. The second-order valence-electron chi connectivity index (χ2n) is 4.04. The van der Waals surface area contributed by atoms with E-state index in [9.17, 15) is 15.8 Å². The third-order valence-corrected chi connectivity index (χ3v) is 2.69. The first-order valence-electron chi connectivity index (χ1n) is 5.37. The minimum absolute atomic E-state index is 0.143. The van der Waals surface area contributed by atoms with Crippen LogP contribution in [0.4, 0.5) is 0 Å². The van der Waals surface area contributed by atoms with Gasteiger partial charge in [0, 0.05) is 12.1 Å². The van der Waals surface area contributed by atoms with Crippen LogP contribution in [0.3, 0.4) is 0 Å². The van der Waals surface area contributed by atoms with Gasteiger partial charge in [-0.25, -0.2) is 0 Å². The molecule has 18 heavy (non-hydrogen) atoms. The molecule has 0 bridgehead atoms. The number of aromatic nitrogens is 1. The number of pyridine rings is 1. The van der Waals surface area contributed by atoms with Crippen molar-refractivity contribution < 1.29 is 0 Å². The minimum atomic E-state index is -1.44. The summed E-state index contributed by atoms with van der Waals surface area (Å²) in [5.41, 5.74) is 0.487. The summed E-state index contributed by atoms with van der Waals surface area (Å²) < 4.78 is 0. The highest BCUT2D eigenvalue weighted by atomic mass is 14.7. The molecule has 1 aromatic heterocycles. The van der Waals surface area contributed by atoms with Gasteiger partial charge in [0.2, 0.25) is 0 Å². The van der Waals surface area contributed by atoms with E-state index < -0.39 is 5.41 Å². The fourth-order valence-corrected chi connectivity index (χ4v) is 1.82. The standard InChI is InChI=1S/C14H12N4/c1-4-5-14(8-16,9-17)13-12(7-15)10(2)6-11(3)18-13/h4,6H,1,5H2,2-3H3. The molecule has 0 saturated carbocycles. The maximum atomic E-state index is 9.29. The molecule has 0 atom stereocenters. The van der Waals surface area contributed by atoms with Gasteiger partial charge in [-0.05, 0) is 25.5 Å². The molecule has 88 valence electrons. The lowest BCUT2D eigenvalue weighted by Crippen LogP contribution is -2.25. The number of hydrogen-bond donors (Lipinski definition) is 0. The summed E-state index contributed by atoms with van der Waals surface area (Å²) in [4.78, 5) is 4.22. The molecule has 0 aliphatic rings. The normalized spacial score (nSPS) is 9.94. The maximum Gasteiger partial charge on any atom is 0.189 e. The van der Waals surface area contributed by atoms with Crippen LogP contribution in [-0.4, -0.2) is 4.98 Å². The lowest BCUT2D eigenvalue weighted by atomic mass is 9.80. The molecule has 4 heteroatoms. The van der Waals surface area contributed by atoms with Crippen molar-refractivity contribution in [2.75, 3.05) is 0 Å². The van der Waals surface area contributed by atoms with Crippen LogP contribution in [0.2, 0.25) is 0 Å². The first-order chi connectivity index (χ1) is 8.54. The summed E-state index contributed by atoms with van der Waals surface area (Å²) in [7, 11) is 0. The highest BCUT2D eigenvalue weighted by Crippen LogP contribution is 2.30. The topological polar surface area (TPSA) is 84.3 Å². The van der Waals surface area contributed by atoms with Crippen LogP contribution < -0.4 is 0 Å².